The molecule has 4 nitrogen and oxygen atoms in total. The molecule has 1 aromatic rings. The smallest absolute Gasteiger partial charge is 0.0561 e. The summed E-state index contributed by atoms with van der Waals surface area (Å²) in [6, 6.07) is 4.65. The second-order valence-corrected chi connectivity index (χ2v) is 6.42. The van der Waals surface area contributed by atoms with Crippen LogP contribution >= 0.6 is 15.9 Å². The number of halogens is 1. The number of nitrogens with zero attached hydrogens (tertiary/aromatic N) is 2. The van der Waals surface area contributed by atoms with E-state index >= 15 is 0 Å². The van der Waals surface area contributed by atoms with Gasteiger partial charge in [0.25, 0.3) is 0 Å². The van der Waals surface area contributed by atoms with Crippen molar-refractivity contribution in [3.63, 3.8) is 0 Å². The van der Waals surface area contributed by atoms with Crippen LogP contribution in [-0.2, 0) is 0 Å². The minimum Gasteiger partial charge on any atom is -0.872 e. The normalized spacial score (nSPS) is 9.94. The Morgan fingerprint density at radius 2 is 1.94 bits per heavy atom. The summed E-state index contributed by atoms with van der Waals surface area (Å²) in [6.45, 7) is 0. The zero-order valence-corrected chi connectivity index (χ0v) is 13.4. The molecule has 0 unspecified atom stereocenters. The van der Waals surface area contributed by atoms with Gasteiger partial charge >= 0.3 is 31.0 Å². The van der Waals surface area contributed by atoms with Crippen molar-refractivity contribution in [3.05, 3.63) is 28.2 Å². The van der Waals surface area contributed by atoms with Crippen molar-refractivity contribution in [2.24, 2.45) is 10.2 Å². The van der Waals surface area contributed by atoms with E-state index in [2.05, 4.69) is 36.0 Å². The van der Waals surface area contributed by atoms with E-state index in [0.717, 1.165) is 4.47 Å². The van der Waals surface area contributed by atoms with Crippen LogP contribution < -0.4 is 10.2 Å². The Kier molecular flexibility index (Phi) is 9.31. The van der Waals surface area contributed by atoms with Crippen LogP contribution in [0.1, 0.15) is 5.56 Å². The van der Waals surface area contributed by atoms with Gasteiger partial charge in [-0.2, -0.15) is 10.2 Å². The second-order valence-electron chi connectivity index (χ2n) is 2.65. The molecule has 0 saturated heterocycles. The predicted octanol–water partition coefficient (Wildman–Crippen LogP) is 1.03. The van der Waals surface area contributed by atoms with Crippen LogP contribution in [0, 0.1) is 0 Å². The van der Waals surface area contributed by atoms with Gasteiger partial charge in [0.05, 0.1) is 6.21 Å². The molecule has 6 heteroatoms. The molecule has 0 aliphatic carbocycles. The van der Waals surface area contributed by atoms with Crippen molar-refractivity contribution in [2.75, 3.05) is 0 Å². The molecule has 0 radical (unpaired) electrons. The summed E-state index contributed by atoms with van der Waals surface area (Å²) >= 11 is 3.43. The molecule has 0 atom stereocenters. The van der Waals surface area contributed by atoms with Crippen LogP contribution in [0.25, 0.3) is 0 Å². The van der Waals surface area contributed by atoms with E-state index in [1.54, 1.807) is 12.1 Å². The van der Waals surface area contributed by atoms with Gasteiger partial charge in [-0.05, 0) is 24.1 Å². The van der Waals surface area contributed by atoms with Gasteiger partial charge in [-0.25, -0.2) is 0 Å². The molecular formula is C10H11BrN2O2Sn. The monoisotopic (exact) mass is 390 g/mol. The van der Waals surface area contributed by atoms with Crippen LogP contribution in [0.15, 0.2) is 32.9 Å². The summed E-state index contributed by atoms with van der Waals surface area (Å²) in [4.78, 5) is 4.59. The van der Waals surface area contributed by atoms with Crippen LogP contribution in [0.4, 0.5) is 0 Å². The molecular weight excluding hydrogens is 379 g/mol. The Bertz CT molecular complexity index is 370. The molecule has 84 valence electrons. The van der Waals surface area contributed by atoms with Crippen molar-refractivity contribution in [1.82, 2.24) is 0 Å². The Morgan fingerprint density at radius 3 is 2.50 bits per heavy atom. The van der Waals surface area contributed by atoms with Crippen molar-refractivity contribution >= 4 is 49.7 Å². The van der Waals surface area contributed by atoms with E-state index in [1.165, 1.54) is 12.3 Å². The predicted molar refractivity (Wildman–Crippen MR) is 67.2 cm³/mol. The first kappa shape index (κ1) is 15.4. The van der Waals surface area contributed by atoms with E-state index < -0.39 is 0 Å². The van der Waals surface area contributed by atoms with Crippen molar-refractivity contribution in [1.29, 1.82) is 0 Å². The van der Waals surface area contributed by atoms with E-state index in [9.17, 15) is 10.2 Å². The molecule has 0 fully saturated rings. The number of hydrogen-bond acceptors (Lipinski definition) is 4. The zero-order chi connectivity index (χ0) is 12.4. The van der Waals surface area contributed by atoms with Crippen LogP contribution in [-0.4, -0.2) is 33.8 Å². The van der Waals surface area contributed by atoms with Crippen molar-refractivity contribution < 1.29 is 10.2 Å². The maximum atomic E-state index is 11.1. The van der Waals surface area contributed by atoms with Gasteiger partial charge in [0, 0.05) is 4.47 Å². The van der Waals surface area contributed by atoms with E-state index in [-0.39, 0.29) is 26.9 Å². The van der Waals surface area contributed by atoms with Crippen molar-refractivity contribution in [2.45, 2.75) is 9.88 Å². The molecule has 0 saturated carbocycles. The van der Waals surface area contributed by atoms with E-state index in [4.69, 9.17) is 0 Å². The average Bonchev–Trinajstić information content (AvgIpc) is 2.25. The first-order valence-electron chi connectivity index (χ1n) is 4.37. The molecule has 0 bridgehead atoms. The Balaban J connectivity index is 0.000000673. The first-order chi connectivity index (χ1) is 7.65. The molecule has 0 heterocycles. The molecule has 0 N–H and O–H groups in total. The third kappa shape index (κ3) is 6.84. The van der Waals surface area contributed by atoms with Crippen LogP contribution in [0.5, 0.6) is 5.75 Å². The third-order valence-corrected chi connectivity index (χ3v) is 1.78. The maximum absolute atomic E-state index is 11.1. The minimum atomic E-state index is -0.159. The maximum Gasteiger partial charge on any atom is 0.0561 e. The molecule has 0 spiro atoms. The summed E-state index contributed by atoms with van der Waals surface area (Å²) < 4.78 is 0.777. The minimum absolute atomic E-state index is 0.159. The Morgan fingerprint density at radius 1 is 1.31 bits per heavy atom. The van der Waals surface area contributed by atoms with Gasteiger partial charge in [-0.3, -0.25) is 0 Å². The molecule has 0 aliphatic heterocycles. The van der Waals surface area contributed by atoms with Crippen LogP contribution in [0.2, 0.25) is 9.88 Å². The topological polar surface area (TPSA) is 70.8 Å². The van der Waals surface area contributed by atoms with E-state index in [0.29, 0.717) is 12.0 Å². The summed E-state index contributed by atoms with van der Waals surface area (Å²) in [7, 11) is 0. The third-order valence-electron chi connectivity index (χ3n) is 1.28. The number of benzene rings is 1. The molecule has 16 heavy (non-hydrogen) atoms. The van der Waals surface area contributed by atoms with Crippen LogP contribution in [0.3, 0.4) is 0 Å². The molecule has 0 amide bonds. The van der Waals surface area contributed by atoms with Crippen molar-refractivity contribution in [3.8, 4) is 5.75 Å². The van der Waals surface area contributed by atoms with Gasteiger partial charge in [-0.15, -0.1) is 0 Å². The Labute approximate surface area is 113 Å². The fraction of sp³-hybridized carbons (Fsp3) is 0.200. The quantitative estimate of drug-likeness (QED) is 0.328. The fourth-order valence-electron chi connectivity index (χ4n) is 0.743. The largest absolute Gasteiger partial charge is 0.872 e. The average molecular weight is 390 g/mol. The first-order valence-corrected chi connectivity index (χ1v) is 10.9. The fourth-order valence-corrected chi connectivity index (χ4v) is 1.12. The van der Waals surface area contributed by atoms with Gasteiger partial charge in [0.15, 0.2) is 0 Å². The second kappa shape index (κ2) is 9.65. The summed E-state index contributed by atoms with van der Waals surface area (Å²) in [5.74, 6) is -0.159. The van der Waals surface area contributed by atoms with Gasteiger partial charge < -0.3 is 10.2 Å². The molecule has 1 aromatic carbocycles. The summed E-state index contributed by atoms with van der Waals surface area (Å²) in [5.41, 5.74) is 0.389. The molecule has 0 aliphatic rings. The SMILES string of the molecule is [CH3][Sn+2][CH3].[O-]/C=N\N=C\c1cc(Br)ccc1[O-]. The Hall–Kier alpha value is -0.561. The summed E-state index contributed by atoms with van der Waals surface area (Å²) in [6.07, 6.45) is 1.54. The standard InChI is InChI=1S/C8H7BrN2O2.2CH3.Sn/c9-7-1-2-8(13)6(3-7)4-10-11-5-12;;;/h1-5,13H,(H,11,12);2*1H3;/q;;;+2/p-2/b10-4+;;;. The number of rotatable bonds is 2. The van der Waals surface area contributed by atoms with E-state index in [1.807, 2.05) is 0 Å². The van der Waals surface area contributed by atoms with Gasteiger partial charge in [0.1, 0.15) is 0 Å². The zero-order valence-electron chi connectivity index (χ0n) is 8.98. The number of hydrogen-bond donors (Lipinski definition) is 0. The van der Waals surface area contributed by atoms with Gasteiger partial charge in [-0.1, -0.05) is 27.7 Å². The molecule has 1 rings (SSSR count). The van der Waals surface area contributed by atoms with Gasteiger partial charge in [0.2, 0.25) is 0 Å². The molecule has 0 aromatic heterocycles. The summed E-state index contributed by atoms with van der Waals surface area (Å²) in [5, 5.41) is 27.3.